The topological polar surface area (TPSA) is 41.5 Å². The molecule has 16 heavy (non-hydrogen) atoms. The van der Waals surface area contributed by atoms with E-state index in [9.17, 15) is 4.39 Å². The highest BCUT2D eigenvalue weighted by atomic mass is 19.1. The minimum atomic E-state index is -0.400. The number of aliphatic hydroxyl groups is 1. The van der Waals surface area contributed by atoms with Gasteiger partial charge in [0.05, 0.1) is 13.2 Å². The molecule has 0 aliphatic carbocycles. The van der Waals surface area contributed by atoms with E-state index in [1.165, 1.54) is 6.07 Å². The van der Waals surface area contributed by atoms with E-state index in [2.05, 4.69) is 5.32 Å². The van der Waals surface area contributed by atoms with E-state index < -0.39 is 6.23 Å². The lowest BCUT2D eigenvalue weighted by molar-refractivity contribution is 0.0959. The Morgan fingerprint density at radius 2 is 2.31 bits per heavy atom. The Labute approximate surface area is 94.2 Å². The van der Waals surface area contributed by atoms with E-state index in [0.717, 1.165) is 0 Å². The van der Waals surface area contributed by atoms with Gasteiger partial charge in [-0.15, -0.1) is 0 Å². The maximum absolute atomic E-state index is 13.7. The Hall–Kier alpha value is -0.970. The highest BCUT2D eigenvalue weighted by molar-refractivity contribution is 5.26. The molecular formula is C12H16FNO2. The molecule has 3 nitrogen and oxygen atoms in total. The average molecular weight is 225 g/mol. The predicted molar refractivity (Wildman–Crippen MR) is 58.2 cm³/mol. The number of hydrogen-bond acceptors (Lipinski definition) is 3. The van der Waals surface area contributed by atoms with E-state index >= 15 is 0 Å². The van der Waals surface area contributed by atoms with E-state index in [1.54, 1.807) is 12.1 Å². The first-order chi connectivity index (χ1) is 7.52. The Bertz CT molecular complexity index is 393. The maximum Gasteiger partial charge on any atom is 0.137 e. The largest absolute Gasteiger partial charge is 0.392 e. The van der Waals surface area contributed by atoms with Crippen LogP contribution >= 0.6 is 0 Å². The number of aliphatic hydroxyl groups excluding tert-OH is 1. The molecule has 1 unspecified atom stereocenters. The number of nitrogens with one attached hydrogen (secondary N) is 1. The second-order valence-corrected chi connectivity index (χ2v) is 4.73. The second kappa shape index (κ2) is 4.13. The molecule has 1 saturated heterocycles. The van der Waals surface area contributed by atoms with Crippen LogP contribution < -0.4 is 5.32 Å². The Kier molecular flexibility index (Phi) is 2.97. The summed E-state index contributed by atoms with van der Waals surface area (Å²) in [6, 6.07) is 4.69. The molecule has 1 aliphatic rings. The summed E-state index contributed by atoms with van der Waals surface area (Å²) >= 11 is 0. The molecule has 0 spiro atoms. The van der Waals surface area contributed by atoms with Crippen LogP contribution in [0.3, 0.4) is 0 Å². The van der Waals surface area contributed by atoms with Crippen molar-refractivity contribution in [3.63, 3.8) is 0 Å². The number of halogens is 1. The number of benzene rings is 1. The summed E-state index contributed by atoms with van der Waals surface area (Å²) in [5.41, 5.74) is 0.925. The first-order valence-electron chi connectivity index (χ1n) is 5.30. The van der Waals surface area contributed by atoms with Gasteiger partial charge in [0.15, 0.2) is 0 Å². The van der Waals surface area contributed by atoms with Crippen molar-refractivity contribution in [1.82, 2.24) is 5.32 Å². The molecule has 1 heterocycles. The van der Waals surface area contributed by atoms with Crippen LogP contribution in [0.5, 0.6) is 0 Å². The van der Waals surface area contributed by atoms with Crippen molar-refractivity contribution < 1.29 is 14.2 Å². The predicted octanol–water partition coefficient (Wildman–Crippen LogP) is 1.71. The summed E-state index contributed by atoms with van der Waals surface area (Å²) in [6.07, 6.45) is -0.400. The van der Waals surface area contributed by atoms with Crippen molar-refractivity contribution in [3.8, 4) is 0 Å². The zero-order chi connectivity index (χ0) is 11.8. The Balaban J connectivity index is 2.22. The zero-order valence-electron chi connectivity index (χ0n) is 9.46. The highest BCUT2D eigenvalue weighted by Gasteiger charge is 2.32. The lowest BCUT2D eigenvalue weighted by Gasteiger charge is -2.17. The van der Waals surface area contributed by atoms with Crippen LogP contribution in [0, 0.1) is 5.82 Å². The molecule has 0 amide bonds. The minimum absolute atomic E-state index is 0.132. The van der Waals surface area contributed by atoms with Crippen LogP contribution in [0.25, 0.3) is 0 Å². The normalized spacial score (nSPS) is 23.6. The van der Waals surface area contributed by atoms with Crippen molar-refractivity contribution in [3.05, 3.63) is 35.1 Å². The quantitative estimate of drug-likeness (QED) is 0.805. The standard InChI is InChI=1S/C12H16FNO2/c1-12(2)7-16-11(14-12)9-4-3-8(6-15)5-10(9)13/h3-5,11,14-15H,6-7H2,1-2H3. The van der Waals surface area contributed by atoms with Gasteiger partial charge in [0.25, 0.3) is 0 Å². The van der Waals surface area contributed by atoms with E-state index in [-0.39, 0.29) is 18.0 Å². The van der Waals surface area contributed by atoms with Crippen LogP contribution in [0.15, 0.2) is 18.2 Å². The monoisotopic (exact) mass is 225 g/mol. The first kappa shape index (κ1) is 11.5. The fourth-order valence-electron chi connectivity index (χ4n) is 1.78. The summed E-state index contributed by atoms with van der Waals surface area (Å²) in [4.78, 5) is 0. The number of ether oxygens (including phenoxy) is 1. The van der Waals surface area contributed by atoms with Gasteiger partial charge in [-0.3, -0.25) is 5.32 Å². The van der Waals surface area contributed by atoms with Crippen molar-refractivity contribution >= 4 is 0 Å². The molecule has 2 rings (SSSR count). The molecule has 88 valence electrons. The van der Waals surface area contributed by atoms with Crippen LogP contribution in [0.2, 0.25) is 0 Å². The van der Waals surface area contributed by atoms with Gasteiger partial charge in [-0.1, -0.05) is 12.1 Å². The summed E-state index contributed by atoms with van der Waals surface area (Å²) in [5.74, 6) is -0.346. The molecule has 1 fully saturated rings. The molecular weight excluding hydrogens is 209 g/mol. The van der Waals surface area contributed by atoms with Gasteiger partial charge in [0.1, 0.15) is 12.0 Å². The Morgan fingerprint density at radius 1 is 1.56 bits per heavy atom. The molecule has 0 saturated carbocycles. The third-order valence-corrected chi connectivity index (χ3v) is 2.66. The molecule has 2 N–H and O–H groups in total. The number of hydrogen-bond donors (Lipinski definition) is 2. The molecule has 1 aromatic rings. The van der Waals surface area contributed by atoms with E-state index in [1.807, 2.05) is 13.8 Å². The lowest BCUT2D eigenvalue weighted by atomic mass is 10.1. The van der Waals surface area contributed by atoms with Gasteiger partial charge < -0.3 is 9.84 Å². The summed E-state index contributed by atoms with van der Waals surface area (Å²) in [5, 5.41) is 12.1. The molecule has 1 aliphatic heterocycles. The average Bonchev–Trinajstić information content (AvgIpc) is 2.58. The first-order valence-corrected chi connectivity index (χ1v) is 5.30. The molecule has 1 aromatic carbocycles. The van der Waals surface area contributed by atoms with Crippen molar-refractivity contribution in [1.29, 1.82) is 0 Å². The van der Waals surface area contributed by atoms with Crippen LogP contribution in [0.4, 0.5) is 4.39 Å². The van der Waals surface area contributed by atoms with Gasteiger partial charge in [0.2, 0.25) is 0 Å². The number of rotatable bonds is 2. The summed E-state index contributed by atoms with van der Waals surface area (Å²) in [7, 11) is 0. The molecule has 1 atom stereocenters. The highest BCUT2D eigenvalue weighted by Crippen LogP contribution is 2.27. The van der Waals surface area contributed by atoms with Crippen LogP contribution in [-0.4, -0.2) is 17.3 Å². The zero-order valence-corrected chi connectivity index (χ0v) is 9.46. The van der Waals surface area contributed by atoms with Gasteiger partial charge in [-0.25, -0.2) is 4.39 Å². The third kappa shape index (κ3) is 2.24. The van der Waals surface area contributed by atoms with Crippen LogP contribution in [-0.2, 0) is 11.3 Å². The van der Waals surface area contributed by atoms with Gasteiger partial charge in [-0.05, 0) is 25.5 Å². The molecule has 4 heteroatoms. The van der Waals surface area contributed by atoms with Crippen molar-refractivity contribution in [2.24, 2.45) is 0 Å². The van der Waals surface area contributed by atoms with E-state index in [0.29, 0.717) is 17.7 Å². The maximum atomic E-state index is 13.7. The Morgan fingerprint density at radius 3 is 2.81 bits per heavy atom. The van der Waals surface area contributed by atoms with Crippen molar-refractivity contribution in [2.45, 2.75) is 32.2 Å². The van der Waals surface area contributed by atoms with Gasteiger partial charge in [-0.2, -0.15) is 0 Å². The molecule has 0 bridgehead atoms. The third-order valence-electron chi connectivity index (χ3n) is 2.66. The molecule has 0 aromatic heterocycles. The fraction of sp³-hybridized carbons (Fsp3) is 0.500. The lowest BCUT2D eigenvalue weighted by Crippen LogP contribution is -2.36. The van der Waals surface area contributed by atoms with Crippen molar-refractivity contribution in [2.75, 3.05) is 6.61 Å². The van der Waals surface area contributed by atoms with E-state index in [4.69, 9.17) is 9.84 Å². The van der Waals surface area contributed by atoms with Gasteiger partial charge >= 0.3 is 0 Å². The minimum Gasteiger partial charge on any atom is -0.392 e. The fourth-order valence-corrected chi connectivity index (χ4v) is 1.78. The van der Waals surface area contributed by atoms with Gasteiger partial charge in [0, 0.05) is 11.1 Å². The summed E-state index contributed by atoms with van der Waals surface area (Å²) in [6.45, 7) is 4.42. The smallest absolute Gasteiger partial charge is 0.137 e. The van der Waals surface area contributed by atoms with Crippen LogP contribution in [0.1, 0.15) is 31.2 Å². The second-order valence-electron chi connectivity index (χ2n) is 4.73. The SMILES string of the molecule is CC1(C)COC(c2ccc(CO)cc2F)N1. The molecule has 0 radical (unpaired) electrons. The summed E-state index contributed by atoms with van der Waals surface area (Å²) < 4.78 is 19.2.